The third-order valence-electron chi connectivity index (χ3n) is 5.51. The van der Waals surface area contributed by atoms with E-state index < -0.39 is 35.8 Å². The van der Waals surface area contributed by atoms with E-state index in [1.54, 1.807) is 17.0 Å². The molecule has 0 radical (unpaired) electrons. The maximum absolute atomic E-state index is 12.4. The number of nitrogens with two attached hydrogens (primary N) is 1. The summed E-state index contributed by atoms with van der Waals surface area (Å²) in [6.45, 7) is 3.47. The lowest BCUT2D eigenvalue weighted by molar-refractivity contribution is -0.684. The highest BCUT2D eigenvalue weighted by atomic mass is 32.2. The molecule has 1 fully saturated rings. The summed E-state index contributed by atoms with van der Waals surface area (Å²) in [6, 6.07) is 3.24. The number of aliphatic carboxylic acids is 1. The molecule has 2 aliphatic heterocycles. The van der Waals surface area contributed by atoms with Crippen LogP contribution in [0, 0.1) is 11.8 Å². The number of rotatable bonds is 7. The Morgan fingerprint density at radius 1 is 1.42 bits per heavy atom. The van der Waals surface area contributed by atoms with E-state index in [4.69, 9.17) is 5.73 Å². The van der Waals surface area contributed by atoms with E-state index in [1.807, 2.05) is 24.4 Å². The Kier molecular flexibility index (Phi) is 5.58. The number of primary amides is 1. The van der Waals surface area contributed by atoms with Crippen LogP contribution < -0.4 is 15.4 Å². The van der Waals surface area contributed by atoms with Crippen LogP contribution >= 0.6 is 23.1 Å². The Morgan fingerprint density at radius 2 is 2.10 bits per heavy atom. The van der Waals surface area contributed by atoms with Crippen LogP contribution in [0.3, 0.4) is 0 Å². The first-order chi connectivity index (χ1) is 14.7. The number of aliphatic hydroxyl groups is 1. The molecule has 2 amide bonds. The predicted molar refractivity (Wildman–Crippen MR) is 110 cm³/mol. The zero-order valence-electron chi connectivity index (χ0n) is 16.7. The van der Waals surface area contributed by atoms with Crippen LogP contribution in [0.25, 0.3) is 11.3 Å². The average Bonchev–Trinajstić information content (AvgIpc) is 3.24. The van der Waals surface area contributed by atoms with Crippen LogP contribution in [-0.4, -0.2) is 44.9 Å². The molecule has 31 heavy (non-hydrogen) atoms. The minimum Gasteiger partial charge on any atom is -0.543 e. The van der Waals surface area contributed by atoms with Crippen molar-refractivity contribution in [1.82, 2.24) is 9.88 Å². The van der Waals surface area contributed by atoms with E-state index in [-0.39, 0.29) is 18.2 Å². The number of carbonyl (C=O) groups excluding carboxylic acids is 3. The molecule has 4 rings (SSSR count). The SMILES string of the molecule is CC(O)[C@@H]1C(=O)N2C(C(=O)[O-])=C(Sc3nc(-c4cc[n+](CC(N)=O)cc4)cs3)[C@H](C)[C@@H]12. The quantitative estimate of drug-likeness (QED) is 0.419. The highest BCUT2D eigenvalue weighted by Gasteiger charge is 2.58. The third-order valence-corrected chi connectivity index (χ3v) is 7.73. The molecule has 0 spiro atoms. The van der Waals surface area contributed by atoms with Crippen molar-refractivity contribution in [3.63, 3.8) is 0 Å². The van der Waals surface area contributed by atoms with Gasteiger partial charge in [-0.25, -0.2) is 4.98 Å². The highest BCUT2D eigenvalue weighted by Crippen LogP contribution is 2.52. The normalized spacial score (nSPS) is 23.5. The van der Waals surface area contributed by atoms with Gasteiger partial charge < -0.3 is 25.6 Å². The number of nitrogens with zero attached hydrogens (tertiary/aromatic N) is 3. The van der Waals surface area contributed by atoms with E-state index in [0.717, 1.165) is 5.56 Å². The van der Waals surface area contributed by atoms with E-state index in [1.165, 1.54) is 34.9 Å². The summed E-state index contributed by atoms with van der Waals surface area (Å²) < 4.78 is 2.29. The molecule has 0 bridgehead atoms. The molecule has 1 unspecified atom stereocenters. The second-order valence-corrected chi connectivity index (χ2v) is 9.73. The summed E-state index contributed by atoms with van der Waals surface area (Å²) in [5.41, 5.74) is 6.61. The van der Waals surface area contributed by atoms with Crippen LogP contribution in [0.5, 0.6) is 0 Å². The predicted octanol–water partition coefficient (Wildman–Crippen LogP) is -0.506. The Labute approximate surface area is 186 Å². The number of hydrogen-bond donors (Lipinski definition) is 2. The minimum atomic E-state index is -1.41. The topological polar surface area (TPSA) is 141 Å². The van der Waals surface area contributed by atoms with Crippen LogP contribution in [0.4, 0.5) is 0 Å². The van der Waals surface area contributed by atoms with Crippen molar-refractivity contribution >= 4 is 40.9 Å². The maximum Gasteiger partial charge on any atom is 0.283 e. The van der Waals surface area contributed by atoms with Crippen molar-refractivity contribution in [2.24, 2.45) is 17.6 Å². The number of thiazole rings is 1. The van der Waals surface area contributed by atoms with Gasteiger partial charge in [0.2, 0.25) is 12.5 Å². The molecule has 4 heterocycles. The average molecular weight is 461 g/mol. The van der Waals surface area contributed by atoms with Gasteiger partial charge in [-0.15, -0.1) is 11.3 Å². The summed E-state index contributed by atoms with van der Waals surface area (Å²) in [5, 5.41) is 23.6. The molecule has 4 atom stereocenters. The molecule has 0 saturated carbocycles. The molecule has 9 nitrogen and oxygen atoms in total. The van der Waals surface area contributed by atoms with Crippen LogP contribution in [-0.2, 0) is 20.9 Å². The van der Waals surface area contributed by atoms with Crippen molar-refractivity contribution in [3.8, 4) is 11.3 Å². The molecule has 1 saturated heterocycles. The number of pyridine rings is 1. The van der Waals surface area contributed by atoms with Gasteiger partial charge in [-0.1, -0.05) is 18.7 Å². The van der Waals surface area contributed by atoms with E-state index in [0.29, 0.717) is 14.9 Å². The molecular weight excluding hydrogens is 440 g/mol. The van der Waals surface area contributed by atoms with E-state index >= 15 is 0 Å². The van der Waals surface area contributed by atoms with Gasteiger partial charge in [-0.2, -0.15) is 4.57 Å². The molecule has 162 valence electrons. The van der Waals surface area contributed by atoms with Gasteiger partial charge in [0.15, 0.2) is 16.7 Å². The Hall–Kier alpha value is -2.76. The molecule has 0 aliphatic carbocycles. The number of amides is 2. The smallest absolute Gasteiger partial charge is 0.283 e. The third kappa shape index (κ3) is 3.73. The number of β-lactam (4-membered cyclic amide) rings is 1. The first kappa shape index (κ1) is 21.5. The van der Waals surface area contributed by atoms with Crippen molar-refractivity contribution in [2.45, 2.75) is 36.9 Å². The lowest BCUT2D eigenvalue weighted by Crippen LogP contribution is -2.64. The minimum absolute atomic E-state index is 0.0837. The number of fused-ring (bicyclic) bond motifs is 1. The zero-order valence-corrected chi connectivity index (χ0v) is 18.4. The van der Waals surface area contributed by atoms with Gasteiger partial charge in [0.25, 0.3) is 5.91 Å². The fourth-order valence-corrected chi connectivity index (χ4v) is 6.19. The second-order valence-electron chi connectivity index (χ2n) is 7.58. The Balaban J connectivity index is 1.57. The molecule has 3 N–H and O–H groups in total. The van der Waals surface area contributed by atoms with Crippen molar-refractivity contribution in [2.75, 3.05) is 0 Å². The first-order valence-electron chi connectivity index (χ1n) is 9.56. The largest absolute Gasteiger partial charge is 0.543 e. The summed E-state index contributed by atoms with van der Waals surface area (Å²) in [5.74, 6) is -3.12. The number of hydrogen-bond acceptors (Lipinski definition) is 8. The van der Waals surface area contributed by atoms with Crippen molar-refractivity contribution < 1.29 is 29.2 Å². The summed E-state index contributed by atoms with van der Waals surface area (Å²) in [4.78, 5) is 41.6. The maximum atomic E-state index is 12.4. The fraction of sp³-hybridized carbons (Fsp3) is 0.350. The standard InChI is InChI=1S/C20H20N4O5S2/c1-9-15-14(10(2)25)18(27)24(15)16(19(28)29)17(9)31-20-22-12(8-30-20)11-3-5-23(6-4-11)7-13(21)26/h3-6,8-10,14-15,25H,7H2,1-2H3,(H2-,21,26,28,29)/t9-,10?,14+,15+/m1/s1. The molecule has 2 aromatic rings. The number of thioether (sulfide) groups is 1. The summed E-state index contributed by atoms with van der Waals surface area (Å²) in [7, 11) is 0. The lowest BCUT2D eigenvalue weighted by Gasteiger charge is -2.47. The zero-order chi connectivity index (χ0) is 22.4. The lowest BCUT2D eigenvalue weighted by atomic mass is 9.79. The van der Waals surface area contributed by atoms with Crippen LogP contribution in [0.1, 0.15) is 13.8 Å². The van der Waals surface area contributed by atoms with Gasteiger partial charge in [0, 0.05) is 33.9 Å². The number of carboxylic acid groups (broad SMARTS) is 1. The molecule has 2 aliphatic rings. The number of aromatic nitrogens is 2. The molecule has 11 heteroatoms. The molecule has 2 aromatic heterocycles. The van der Waals surface area contributed by atoms with Gasteiger partial charge >= 0.3 is 0 Å². The van der Waals surface area contributed by atoms with Crippen molar-refractivity contribution in [1.29, 1.82) is 0 Å². The second kappa shape index (κ2) is 8.06. The number of aliphatic hydroxyl groups excluding tert-OH is 1. The van der Waals surface area contributed by atoms with E-state index in [2.05, 4.69) is 4.98 Å². The van der Waals surface area contributed by atoms with Gasteiger partial charge in [0.05, 0.1) is 35.4 Å². The van der Waals surface area contributed by atoms with Crippen molar-refractivity contribution in [3.05, 3.63) is 40.5 Å². The Morgan fingerprint density at radius 3 is 2.68 bits per heavy atom. The van der Waals surface area contributed by atoms with E-state index in [9.17, 15) is 24.6 Å². The fourth-order valence-electron chi connectivity index (χ4n) is 4.09. The molecule has 0 aromatic carbocycles. The monoisotopic (exact) mass is 460 g/mol. The summed E-state index contributed by atoms with van der Waals surface area (Å²) in [6.07, 6.45) is 2.61. The molecular formula is C20H20N4O5S2. The summed E-state index contributed by atoms with van der Waals surface area (Å²) >= 11 is 2.57. The van der Waals surface area contributed by atoms with Gasteiger partial charge in [-0.3, -0.25) is 9.59 Å². The number of carbonyl (C=O) groups is 3. The van der Waals surface area contributed by atoms with Crippen LogP contribution in [0.2, 0.25) is 0 Å². The first-order valence-corrected chi connectivity index (χ1v) is 11.3. The van der Waals surface area contributed by atoms with Gasteiger partial charge in [0.1, 0.15) is 0 Å². The number of carboxylic acids is 1. The van der Waals surface area contributed by atoms with Crippen LogP contribution in [0.15, 0.2) is 44.8 Å². The van der Waals surface area contributed by atoms with Gasteiger partial charge in [-0.05, 0) is 6.92 Å². The Bertz CT molecular complexity index is 1100. The highest BCUT2D eigenvalue weighted by molar-refractivity contribution is 8.04.